The number of allylic oxidation sites excluding steroid dienone is 2. The van der Waals surface area contributed by atoms with Crippen LogP contribution in [0.4, 0.5) is 0 Å². The van der Waals surface area contributed by atoms with Gasteiger partial charge < -0.3 is 4.57 Å². The molecule has 0 radical (unpaired) electrons. The number of benzene rings is 3. The quantitative estimate of drug-likeness (QED) is 0.227. The highest BCUT2D eigenvalue weighted by molar-refractivity contribution is 8.04. The Morgan fingerprint density at radius 1 is 0.800 bits per heavy atom. The summed E-state index contributed by atoms with van der Waals surface area (Å²) in [6.07, 6.45) is 0. The van der Waals surface area contributed by atoms with E-state index in [2.05, 4.69) is 53.3 Å². The summed E-state index contributed by atoms with van der Waals surface area (Å²) in [6.45, 7) is 15.0. The van der Waals surface area contributed by atoms with Crippen molar-refractivity contribution >= 4 is 29.5 Å². The van der Waals surface area contributed by atoms with Crippen molar-refractivity contribution < 1.29 is 4.57 Å². The molecule has 0 bridgehead atoms. The molecule has 3 heteroatoms. The average Bonchev–Trinajstić information content (AvgIpc) is 2.73. The van der Waals surface area contributed by atoms with Gasteiger partial charge in [-0.3, -0.25) is 0 Å². The third kappa shape index (κ3) is 4.41. The van der Waals surface area contributed by atoms with Gasteiger partial charge >= 0.3 is 0 Å². The molecular formula is C27H29OPS. The molecule has 0 saturated heterocycles. The van der Waals surface area contributed by atoms with Gasteiger partial charge in [-0.1, -0.05) is 102 Å². The van der Waals surface area contributed by atoms with Crippen LogP contribution in [0.25, 0.3) is 0 Å². The van der Waals surface area contributed by atoms with E-state index in [9.17, 15) is 4.57 Å². The van der Waals surface area contributed by atoms with Gasteiger partial charge in [-0.05, 0) is 45.7 Å². The SMILES string of the molecule is C=C(C(Sc1c(C)cc(C)cc1C)=C(C)C)P(=O)(c1ccccc1)c1ccccc1. The van der Waals surface area contributed by atoms with E-state index < -0.39 is 7.14 Å². The first kappa shape index (κ1) is 22.4. The van der Waals surface area contributed by atoms with Crippen LogP contribution in [0.3, 0.4) is 0 Å². The third-order valence-electron chi connectivity index (χ3n) is 5.14. The molecule has 30 heavy (non-hydrogen) atoms. The number of thioether (sulfide) groups is 1. The minimum Gasteiger partial charge on any atom is -0.309 e. The smallest absolute Gasteiger partial charge is 0.171 e. The van der Waals surface area contributed by atoms with Crippen LogP contribution in [0.2, 0.25) is 0 Å². The molecule has 3 rings (SSSR count). The zero-order valence-electron chi connectivity index (χ0n) is 18.4. The predicted octanol–water partition coefficient (Wildman–Crippen LogP) is 7.53. The van der Waals surface area contributed by atoms with Crippen LogP contribution in [0, 0.1) is 20.8 Å². The molecule has 0 spiro atoms. The Kier molecular flexibility index (Phi) is 6.91. The van der Waals surface area contributed by atoms with Crippen molar-refractivity contribution in [3.05, 3.63) is 112 Å². The highest BCUT2D eigenvalue weighted by atomic mass is 32.2. The van der Waals surface area contributed by atoms with Gasteiger partial charge in [0.1, 0.15) is 0 Å². The predicted molar refractivity (Wildman–Crippen MR) is 134 cm³/mol. The normalized spacial score (nSPS) is 11.2. The lowest BCUT2D eigenvalue weighted by Crippen LogP contribution is -2.17. The monoisotopic (exact) mass is 432 g/mol. The Labute approximate surface area is 185 Å². The molecule has 0 aromatic heterocycles. The van der Waals surface area contributed by atoms with E-state index in [4.69, 9.17) is 0 Å². The van der Waals surface area contributed by atoms with Gasteiger partial charge in [0.15, 0.2) is 7.14 Å². The maximum Gasteiger partial charge on any atom is 0.171 e. The molecule has 0 fully saturated rings. The van der Waals surface area contributed by atoms with Crippen LogP contribution in [0.5, 0.6) is 0 Å². The third-order valence-corrected chi connectivity index (χ3v) is 10.0. The first-order chi connectivity index (χ1) is 14.2. The van der Waals surface area contributed by atoms with Crippen molar-refractivity contribution in [3.63, 3.8) is 0 Å². The van der Waals surface area contributed by atoms with Crippen LogP contribution in [0.15, 0.2) is 100 Å². The van der Waals surface area contributed by atoms with Crippen molar-refractivity contribution in [2.75, 3.05) is 0 Å². The second-order valence-electron chi connectivity index (χ2n) is 7.89. The van der Waals surface area contributed by atoms with E-state index in [1.807, 2.05) is 60.7 Å². The summed E-state index contributed by atoms with van der Waals surface area (Å²) < 4.78 is 14.7. The molecule has 0 atom stereocenters. The summed E-state index contributed by atoms with van der Waals surface area (Å²) >= 11 is 1.69. The van der Waals surface area contributed by atoms with E-state index in [1.165, 1.54) is 21.6 Å². The Hall–Kier alpha value is -2.28. The second kappa shape index (κ2) is 9.25. The van der Waals surface area contributed by atoms with Gasteiger partial charge in [-0.25, -0.2) is 0 Å². The highest BCUT2D eigenvalue weighted by Crippen LogP contribution is 2.57. The maximum atomic E-state index is 14.7. The van der Waals surface area contributed by atoms with Gasteiger partial charge in [0.05, 0.1) is 0 Å². The van der Waals surface area contributed by atoms with Crippen molar-refractivity contribution in [1.82, 2.24) is 0 Å². The Morgan fingerprint density at radius 2 is 1.23 bits per heavy atom. The lowest BCUT2D eigenvalue weighted by molar-refractivity contribution is 0.591. The van der Waals surface area contributed by atoms with Crippen LogP contribution < -0.4 is 10.6 Å². The van der Waals surface area contributed by atoms with E-state index >= 15 is 0 Å². The number of aryl methyl sites for hydroxylation is 3. The van der Waals surface area contributed by atoms with Crippen LogP contribution >= 0.6 is 18.9 Å². The number of hydrogen-bond acceptors (Lipinski definition) is 2. The second-order valence-corrected chi connectivity index (χ2v) is 11.7. The molecule has 0 N–H and O–H groups in total. The molecule has 3 aromatic rings. The summed E-state index contributed by atoms with van der Waals surface area (Å²) in [4.78, 5) is 2.21. The van der Waals surface area contributed by atoms with Crippen molar-refractivity contribution in [2.45, 2.75) is 39.5 Å². The standard InChI is InChI=1S/C27H29OPS/c1-19(2)26(30-27-21(4)17-20(3)18-22(27)5)23(6)29(28,24-13-9-7-10-14-24)25-15-11-8-12-16-25/h7-18H,6H2,1-5H3. The van der Waals surface area contributed by atoms with Crippen molar-refractivity contribution in [1.29, 1.82) is 0 Å². The molecular weight excluding hydrogens is 403 g/mol. The lowest BCUT2D eigenvalue weighted by Gasteiger charge is -2.25. The first-order valence-electron chi connectivity index (χ1n) is 10.1. The van der Waals surface area contributed by atoms with Gasteiger partial charge in [-0.15, -0.1) is 0 Å². The van der Waals surface area contributed by atoms with E-state index in [0.717, 1.165) is 21.1 Å². The number of hydrogen-bond donors (Lipinski definition) is 0. The summed E-state index contributed by atoms with van der Waals surface area (Å²) in [5.74, 6) is 0. The summed E-state index contributed by atoms with van der Waals surface area (Å²) in [5.41, 5.74) is 4.85. The highest BCUT2D eigenvalue weighted by Gasteiger charge is 2.33. The van der Waals surface area contributed by atoms with E-state index in [1.54, 1.807) is 11.8 Å². The molecule has 1 nitrogen and oxygen atoms in total. The van der Waals surface area contributed by atoms with Gasteiger partial charge in [0, 0.05) is 25.7 Å². The lowest BCUT2D eigenvalue weighted by atomic mass is 10.1. The zero-order valence-corrected chi connectivity index (χ0v) is 20.1. The molecule has 0 saturated carbocycles. The summed E-state index contributed by atoms with van der Waals surface area (Å²) in [7, 11) is -3.08. The minimum atomic E-state index is -3.08. The fourth-order valence-corrected chi connectivity index (χ4v) is 7.86. The fourth-order valence-electron chi connectivity index (χ4n) is 3.76. The molecule has 0 aliphatic heterocycles. The van der Waals surface area contributed by atoms with Gasteiger partial charge in [0.2, 0.25) is 0 Å². The topological polar surface area (TPSA) is 17.1 Å². The Balaban J connectivity index is 2.16. The molecule has 0 heterocycles. The maximum absolute atomic E-state index is 14.7. The fraction of sp³-hybridized carbons (Fsp3) is 0.185. The van der Waals surface area contributed by atoms with Crippen molar-refractivity contribution in [2.24, 2.45) is 0 Å². The molecule has 0 aliphatic carbocycles. The molecule has 0 unspecified atom stereocenters. The van der Waals surface area contributed by atoms with Crippen LogP contribution in [0.1, 0.15) is 30.5 Å². The molecule has 0 amide bonds. The van der Waals surface area contributed by atoms with Crippen molar-refractivity contribution in [3.8, 4) is 0 Å². The van der Waals surface area contributed by atoms with E-state index in [-0.39, 0.29) is 0 Å². The molecule has 3 aromatic carbocycles. The van der Waals surface area contributed by atoms with Crippen LogP contribution in [-0.2, 0) is 4.57 Å². The Morgan fingerprint density at radius 3 is 1.63 bits per heavy atom. The summed E-state index contributed by atoms with van der Waals surface area (Å²) in [5, 5.41) is 2.33. The largest absolute Gasteiger partial charge is 0.309 e. The van der Waals surface area contributed by atoms with Crippen LogP contribution in [-0.4, -0.2) is 0 Å². The average molecular weight is 433 g/mol. The Bertz CT molecular complexity index is 1070. The minimum absolute atomic E-state index is 0.698. The number of rotatable bonds is 6. The zero-order chi connectivity index (χ0) is 21.9. The van der Waals surface area contributed by atoms with Gasteiger partial charge in [-0.2, -0.15) is 0 Å². The van der Waals surface area contributed by atoms with E-state index in [0.29, 0.717) is 5.31 Å². The first-order valence-corrected chi connectivity index (χ1v) is 12.6. The van der Waals surface area contributed by atoms with Gasteiger partial charge in [0.25, 0.3) is 0 Å². The molecule has 0 aliphatic rings. The summed E-state index contributed by atoms with van der Waals surface area (Å²) in [6, 6.07) is 23.9. The molecule has 154 valence electrons.